The van der Waals surface area contributed by atoms with E-state index in [4.69, 9.17) is 0 Å². The molecule has 1 heterocycles. The summed E-state index contributed by atoms with van der Waals surface area (Å²) >= 11 is 0. The zero-order chi connectivity index (χ0) is 21.4. The number of carboxylic acids is 1. The molecular formula is C29H23NO2. The highest BCUT2D eigenvalue weighted by Gasteiger charge is 2.44. The van der Waals surface area contributed by atoms with Crippen LogP contribution in [0.3, 0.4) is 0 Å². The summed E-state index contributed by atoms with van der Waals surface area (Å²) in [5, 5.41) is 16.3. The molecule has 0 amide bonds. The van der Waals surface area contributed by atoms with Crippen molar-refractivity contribution in [2.45, 2.75) is 31.2 Å². The number of rotatable bonds is 2. The molecular weight excluding hydrogens is 394 g/mol. The van der Waals surface area contributed by atoms with Crippen molar-refractivity contribution in [1.29, 1.82) is 0 Å². The molecule has 0 bridgehead atoms. The van der Waals surface area contributed by atoms with E-state index < -0.39 is 5.97 Å². The van der Waals surface area contributed by atoms with Gasteiger partial charge in [-0.15, -0.1) is 0 Å². The minimum Gasteiger partial charge on any atom is -0.478 e. The van der Waals surface area contributed by atoms with Crippen LogP contribution in [0.15, 0.2) is 72.8 Å². The van der Waals surface area contributed by atoms with E-state index in [1.54, 1.807) is 6.07 Å². The summed E-state index contributed by atoms with van der Waals surface area (Å²) in [4.78, 5) is 11.7. The quantitative estimate of drug-likeness (QED) is 0.414. The average Bonchev–Trinajstić information content (AvgIpc) is 3.42. The van der Waals surface area contributed by atoms with Crippen molar-refractivity contribution in [3.05, 3.63) is 112 Å². The second-order valence-corrected chi connectivity index (χ2v) is 9.43. The molecule has 156 valence electrons. The van der Waals surface area contributed by atoms with Crippen molar-refractivity contribution < 1.29 is 9.90 Å². The average molecular weight is 418 g/mol. The third-order valence-corrected chi connectivity index (χ3v) is 7.89. The molecule has 3 heteroatoms. The van der Waals surface area contributed by atoms with Gasteiger partial charge in [0.05, 0.1) is 11.6 Å². The van der Waals surface area contributed by atoms with Crippen molar-refractivity contribution >= 4 is 22.4 Å². The first-order valence-corrected chi connectivity index (χ1v) is 11.4. The fourth-order valence-electron chi connectivity index (χ4n) is 6.54. The highest BCUT2D eigenvalue weighted by molar-refractivity contribution is 5.94. The largest absolute Gasteiger partial charge is 0.478 e. The van der Waals surface area contributed by atoms with Crippen LogP contribution in [0.5, 0.6) is 0 Å². The molecule has 0 spiro atoms. The summed E-state index contributed by atoms with van der Waals surface area (Å²) in [6.07, 6.45) is 3.26. The molecule has 0 fully saturated rings. The Balaban J connectivity index is 1.45. The summed E-state index contributed by atoms with van der Waals surface area (Å²) in [7, 11) is 0. The van der Waals surface area contributed by atoms with Crippen molar-refractivity contribution in [3.63, 3.8) is 0 Å². The maximum atomic E-state index is 11.7. The Morgan fingerprint density at radius 3 is 2.50 bits per heavy atom. The molecule has 3 aliphatic rings. The lowest BCUT2D eigenvalue weighted by Crippen LogP contribution is -2.30. The maximum absolute atomic E-state index is 11.7. The summed E-state index contributed by atoms with van der Waals surface area (Å²) in [5.74, 6) is -0.317. The van der Waals surface area contributed by atoms with E-state index in [9.17, 15) is 9.90 Å². The van der Waals surface area contributed by atoms with Gasteiger partial charge in [0.2, 0.25) is 0 Å². The van der Waals surface area contributed by atoms with Crippen LogP contribution >= 0.6 is 0 Å². The van der Waals surface area contributed by atoms with Gasteiger partial charge in [-0.05, 0) is 87.5 Å². The van der Waals surface area contributed by atoms with Crippen LogP contribution < -0.4 is 5.32 Å². The summed E-state index contributed by atoms with van der Waals surface area (Å²) < 4.78 is 0. The highest BCUT2D eigenvalue weighted by Crippen LogP contribution is 2.55. The molecule has 4 aromatic rings. The number of hydrogen-bond donors (Lipinski definition) is 2. The second-order valence-electron chi connectivity index (χ2n) is 9.43. The zero-order valence-corrected chi connectivity index (χ0v) is 17.6. The van der Waals surface area contributed by atoms with E-state index in [0.29, 0.717) is 11.5 Å². The Kier molecular flexibility index (Phi) is 3.64. The van der Waals surface area contributed by atoms with Gasteiger partial charge in [-0.3, -0.25) is 0 Å². The predicted molar refractivity (Wildman–Crippen MR) is 127 cm³/mol. The fraction of sp³-hybridized carbons (Fsp3) is 0.207. The van der Waals surface area contributed by atoms with Crippen molar-refractivity contribution in [1.82, 2.24) is 0 Å². The summed E-state index contributed by atoms with van der Waals surface area (Å²) in [5.41, 5.74) is 9.55. The van der Waals surface area contributed by atoms with Crippen LogP contribution in [-0.2, 0) is 19.3 Å². The Labute approximate surface area is 186 Å². The molecule has 0 saturated heterocycles. The minimum atomic E-state index is -0.870. The fourth-order valence-corrected chi connectivity index (χ4v) is 6.54. The molecule has 0 saturated carbocycles. The monoisotopic (exact) mass is 417 g/mol. The van der Waals surface area contributed by atoms with Crippen LogP contribution in [0, 0.1) is 5.92 Å². The predicted octanol–water partition coefficient (Wildman–Crippen LogP) is 6.11. The van der Waals surface area contributed by atoms with Gasteiger partial charge in [-0.2, -0.15) is 0 Å². The zero-order valence-electron chi connectivity index (χ0n) is 17.6. The molecule has 4 aromatic carbocycles. The highest BCUT2D eigenvalue weighted by atomic mass is 16.4. The van der Waals surface area contributed by atoms with Crippen LogP contribution in [0.4, 0.5) is 5.69 Å². The lowest BCUT2D eigenvalue weighted by Gasteiger charge is -2.38. The van der Waals surface area contributed by atoms with Gasteiger partial charge < -0.3 is 10.4 Å². The second kappa shape index (κ2) is 6.46. The van der Waals surface area contributed by atoms with E-state index in [1.165, 1.54) is 38.6 Å². The molecule has 2 N–H and O–H groups in total. The van der Waals surface area contributed by atoms with Gasteiger partial charge in [0, 0.05) is 11.6 Å². The molecule has 2 aliphatic carbocycles. The normalized spacial score (nSPS) is 22.2. The first kappa shape index (κ1) is 18.0. The molecule has 32 heavy (non-hydrogen) atoms. The van der Waals surface area contributed by atoms with Gasteiger partial charge >= 0.3 is 5.97 Å². The minimum absolute atomic E-state index is 0.181. The molecule has 3 nitrogen and oxygen atoms in total. The standard InChI is InChI=1S/C29H23NO2/c31-29(32)19-11-13-25-23(15-19)27-20-6-2-1-4-18(20)14-24(27)28(30-25)22-12-10-17-9-8-16-5-3-7-21(22)26(16)17/h1-7,10-13,15,24,27-28,30H,8-9,14H2,(H,31,32)/t24-,27+,28-/m1/s1. The smallest absolute Gasteiger partial charge is 0.335 e. The van der Waals surface area contributed by atoms with E-state index in [-0.39, 0.29) is 12.0 Å². The van der Waals surface area contributed by atoms with Crippen molar-refractivity contribution in [2.75, 3.05) is 5.32 Å². The number of fused-ring (bicyclic) bond motifs is 5. The maximum Gasteiger partial charge on any atom is 0.335 e. The van der Waals surface area contributed by atoms with Crippen LogP contribution in [-0.4, -0.2) is 11.1 Å². The van der Waals surface area contributed by atoms with Gasteiger partial charge in [-0.1, -0.05) is 54.6 Å². The summed E-state index contributed by atoms with van der Waals surface area (Å²) in [6, 6.07) is 25.9. The Hall–Kier alpha value is -3.59. The van der Waals surface area contributed by atoms with Gasteiger partial charge in [-0.25, -0.2) is 4.79 Å². The van der Waals surface area contributed by atoms with Crippen molar-refractivity contribution in [2.24, 2.45) is 5.92 Å². The van der Waals surface area contributed by atoms with Crippen LogP contribution in [0.2, 0.25) is 0 Å². The van der Waals surface area contributed by atoms with E-state index in [1.807, 2.05) is 12.1 Å². The molecule has 7 rings (SSSR count). The van der Waals surface area contributed by atoms with Crippen molar-refractivity contribution in [3.8, 4) is 0 Å². The Morgan fingerprint density at radius 2 is 1.62 bits per heavy atom. The van der Waals surface area contributed by atoms with Gasteiger partial charge in [0.1, 0.15) is 0 Å². The lowest BCUT2D eigenvalue weighted by atomic mass is 9.74. The number of anilines is 1. The third kappa shape index (κ3) is 2.39. The number of carbonyl (C=O) groups is 1. The summed E-state index contributed by atoms with van der Waals surface area (Å²) in [6.45, 7) is 0. The molecule has 3 atom stereocenters. The van der Waals surface area contributed by atoms with Crippen LogP contribution in [0.25, 0.3) is 10.8 Å². The number of benzene rings is 4. The third-order valence-electron chi connectivity index (χ3n) is 7.89. The first-order chi connectivity index (χ1) is 15.7. The molecule has 1 aliphatic heterocycles. The first-order valence-electron chi connectivity index (χ1n) is 11.4. The molecule has 0 radical (unpaired) electrons. The van der Waals surface area contributed by atoms with E-state index in [2.05, 4.69) is 59.9 Å². The number of aromatic carboxylic acids is 1. The SMILES string of the molecule is O=C(O)c1ccc2c(c1)[C@@H]1c3ccccc3C[C@H]1[C@@H](c1ccc3c4c(cccc14)CC3)N2. The number of carboxylic acid groups (broad SMARTS) is 1. The molecule has 0 unspecified atom stereocenters. The van der Waals surface area contributed by atoms with Gasteiger partial charge in [0.15, 0.2) is 0 Å². The number of hydrogen-bond acceptors (Lipinski definition) is 2. The number of nitrogens with one attached hydrogen (secondary N) is 1. The lowest BCUT2D eigenvalue weighted by molar-refractivity contribution is 0.0696. The van der Waals surface area contributed by atoms with E-state index >= 15 is 0 Å². The Bertz CT molecular complexity index is 1430. The van der Waals surface area contributed by atoms with Gasteiger partial charge in [0.25, 0.3) is 0 Å². The topological polar surface area (TPSA) is 49.3 Å². The van der Waals surface area contributed by atoms with Crippen LogP contribution in [0.1, 0.15) is 55.7 Å². The molecule has 0 aromatic heterocycles. The Morgan fingerprint density at radius 1 is 0.812 bits per heavy atom. The van der Waals surface area contributed by atoms with E-state index in [0.717, 1.165) is 30.5 Å². The number of aryl methyl sites for hydroxylation is 2.